The van der Waals surface area contributed by atoms with Gasteiger partial charge in [0.05, 0.1) is 26.2 Å². The number of likely N-dealkylation sites (tertiary alicyclic amines) is 1. The molecule has 1 aliphatic carbocycles. The number of carbonyl (C=O) groups excluding carboxylic acids is 4. The number of aliphatic carboxylic acids is 1. The van der Waals surface area contributed by atoms with Crippen LogP contribution in [0.4, 0.5) is 0 Å². The predicted molar refractivity (Wildman–Crippen MR) is 186 cm³/mol. The Bertz CT molecular complexity index is 1750. The average molecular weight is 705 g/mol. The molecule has 2 saturated heterocycles. The highest BCUT2D eigenvalue weighted by atomic mass is 16.6. The zero-order chi connectivity index (χ0) is 36.7. The number of fused-ring (bicyclic) bond motifs is 5. The lowest BCUT2D eigenvalue weighted by Gasteiger charge is -2.32. The summed E-state index contributed by atoms with van der Waals surface area (Å²) in [4.78, 5) is 76.1. The molecule has 3 aliphatic heterocycles. The van der Waals surface area contributed by atoms with Gasteiger partial charge in [-0.05, 0) is 58.6 Å². The Kier molecular flexibility index (Phi) is 10.0. The summed E-state index contributed by atoms with van der Waals surface area (Å²) in [5.41, 5.74) is -1.49. The molecule has 1 aromatic heterocycles. The molecule has 6 atom stereocenters. The number of esters is 1. The van der Waals surface area contributed by atoms with Crippen LogP contribution in [0.5, 0.6) is 11.5 Å². The van der Waals surface area contributed by atoms with Crippen LogP contribution < -0.4 is 14.8 Å². The third-order valence-electron chi connectivity index (χ3n) is 10.6. The van der Waals surface area contributed by atoms with E-state index in [-0.39, 0.29) is 61.8 Å². The molecule has 274 valence electrons. The molecule has 13 nitrogen and oxygen atoms in total. The van der Waals surface area contributed by atoms with Crippen LogP contribution in [0.25, 0.3) is 10.9 Å². The van der Waals surface area contributed by atoms with E-state index < -0.39 is 46.9 Å². The maximum Gasteiger partial charge on any atom is 0.330 e. The van der Waals surface area contributed by atoms with E-state index in [4.69, 9.17) is 14.2 Å². The molecule has 1 saturated carbocycles. The van der Waals surface area contributed by atoms with Gasteiger partial charge in [-0.1, -0.05) is 25.0 Å². The van der Waals surface area contributed by atoms with Crippen molar-refractivity contribution < 1.29 is 43.3 Å². The van der Waals surface area contributed by atoms with Gasteiger partial charge in [-0.15, -0.1) is 0 Å². The Labute approximate surface area is 297 Å². The fourth-order valence-electron chi connectivity index (χ4n) is 8.00. The molecule has 2 N–H and O–H groups in total. The van der Waals surface area contributed by atoms with Crippen molar-refractivity contribution in [1.29, 1.82) is 0 Å². The van der Waals surface area contributed by atoms with Gasteiger partial charge in [0, 0.05) is 60.8 Å². The fraction of sp³-hybridized carbons (Fsp3) is 0.579. The van der Waals surface area contributed by atoms with Gasteiger partial charge in [0.15, 0.2) is 0 Å². The first-order valence-electron chi connectivity index (χ1n) is 17.8. The first-order chi connectivity index (χ1) is 24.2. The predicted octanol–water partition coefficient (Wildman–Crippen LogP) is 3.98. The number of allylic oxidation sites excluding steroid dienone is 1. The minimum Gasteiger partial charge on any atom is -0.497 e. The second-order valence-corrected chi connectivity index (χ2v) is 15.3. The van der Waals surface area contributed by atoms with Gasteiger partial charge >= 0.3 is 11.9 Å². The summed E-state index contributed by atoms with van der Waals surface area (Å²) >= 11 is 0. The highest BCUT2D eigenvalue weighted by molar-refractivity contribution is 5.99. The summed E-state index contributed by atoms with van der Waals surface area (Å²) in [6.07, 6.45) is 7.57. The number of carboxylic acids is 1. The molecule has 0 bridgehead atoms. The van der Waals surface area contributed by atoms with Crippen LogP contribution in [-0.4, -0.2) is 101 Å². The van der Waals surface area contributed by atoms with Crippen LogP contribution in [0, 0.1) is 23.7 Å². The molecule has 6 rings (SSSR count). The zero-order valence-corrected chi connectivity index (χ0v) is 30.0. The molecule has 1 aromatic carbocycles. The average Bonchev–Trinajstić information content (AvgIpc) is 3.43. The summed E-state index contributed by atoms with van der Waals surface area (Å²) < 4.78 is 16.5. The van der Waals surface area contributed by atoms with Crippen LogP contribution in [0.2, 0.25) is 0 Å². The lowest BCUT2D eigenvalue weighted by atomic mass is 9.92. The Morgan fingerprint density at radius 1 is 1.04 bits per heavy atom. The Balaban J connectivity index is 1.30. The number of amides is 3. The van der Waals surface area contributed by atoms with Gasteiger partial charge in [-0.2, -0.15) is 0 Å². The van der Waals surface area contributed by atoms with Crippen molar-refractivity contribution in [2.75, 3.05) is 33.9 Å². The Hall–Kier alpha value is -4.68. The Morgan fingerprint density at radius 3 is 2.53 bits per heavy atom. The van der Waals surface area contributed by atoms with Crippen LogP contribution >= 0.6 is 0 Å². The van der Waals surface area contributed by atoms with E-state index in [1.807, 2.05) is 18.2 Å². The summed E-state index contributed by atoms with van der Waals surface area (Å²) in [7, 11) is 3.07. The second kappa shape index (κ2) is 14.1. The molecule has 0 spiro atoms. The smallest absolute Gasteiger partial charge is 0.330 e. The van der Waals surface area contributed by atoms with E-state index in [1.54, 1.807) is 51.0 Å². The van der Waals surface area contributed by atoms with Crippen molar-refractivity contribution in [3.05, 3.63) is 42.1 Å². The molecular weight excluding hydrogens is 656 g/mol. The van der Waals surface area contributed by atoms with Gasteiger partial charge in [-0.3, -0.25) is 19.2 Å². The van der Waals surface area contributed by atoms with Gasteiger partial charge in [0.2, 0.25) is 11.8 Å². The standard InChI is InChI=1S/C38H48N4O9/c1-37(2,3)51-31(43)15-22-11-9-7-6-8-10-12-24-18-38(24,36(47)48)40-33(44)32-27-21-41(19-23(27)20-42(32)34(22)45)35(46)29-17-30(50-5)26-14-13-25(49-4)16-28(26)39-29/h10,12-14,16-17,22-24,27,32H,6-9,11,15,18-21H2,1-5H3,(H,40,44)(H,47,48)/b12-10-/t22-,23-,24+,27-,32-,38+/m0/s1. The van der Waals surface area contributed by atoms with Crippen molar-refractivity contribution in [2.45, 2.75) is 82.9 Å². The van der Waals surface area contributed by atoms with Gasteiger partial charge in [0.25, 0.3) is 5.91 Å². The summed E-state index contributed by atoms with van der Waals surface area (Å²) in [5, 5.41) is 13.8. The quantitative estimate of drug-likeness (QED) is 0.332. The molecular formula is C38H48N4O9. The van der Waals surface area contributed by atoms with Crippen molar-refractivity contribution >= 4 is 40.6 Å². The lowest BCUT2D eigenvalue weighted by Crippen LogP contribution is -2.56. The number of aromatic nitrogens is 1. The molecule has 51 heavy (non-hydrogen) atoms. The maximum atomic E-state index is 14.4. The molecule has 0 unspecified atom stereocenters. The zero-order valence-electron chi connectivity index (χ0n) is 30.0. The van der Waals surface area contributed by atoms with E-state index in [0.29, 0.717) is 29.9 Å². The summed E-state index contributed by atoms with van der Waals surface area (Å²) in [6.45, 7) is 5.93. The number of carbonyl (C=O) groups is 5. The molecule has 2 aromatic rings. The third-order valence-corrected chi connectivity index (χ3v) is 10.6. The van der Waals surface area contributed by atoms with Gasteiger partial charge < -0.3 is 34.4 Å². The van der Waals surface area contributed by atoms with Crippen molar-refractivity contribution in [1.82, 2.24) is 20.1 Å². The molecule has 4 aliphatic rings. The van der Waals surface area contributed by atoms with Crippen molar-refractivity contribution in [2.24, 2.45) is 23.7 Å². The van der Waals surface area contributed by atoms with Crippen LogP contribution in [0.15, 0.2) is 36.4 Å². The van der Waals surface area contributed by atoms with Gasteiger partial charge in [0.1, 0.15) is 34.4 Å². The number of hydrogen-bond acceptors (Lipinski definition) is 9. The first kappa shape index (κ1) is 36.1. The SMILES string of the molecule is COc1ccc2c(OC)cc(C(=O)N3C[C@H]4CN5C(=O)[C@H](CC(=O)OC(C)(C)C)CCCCC/C=C\[C@@H]6C[C@@]6(C(=O)O)NC(=O)[C@@H]5[C@H]4C3)nc2c1. The van der Waals surface area contributed by atoms with Crippen molar-refractivity contribution in [3.8, 4) is 11.5 Å². The van der Waals surface area contributed by atoms with E-state index >= 15 is 0 Å². The van der Waals surface area contributed by atoms with Crippen LogP contribution in [0.1, 0.15) is 76.2 Å². The second-order valence-electron chi connectivity index (χ2n) is 15.3. The van der Waals surface area contributed by atoms with Gasteiger partial charge in [-0.25, -0.2) is 9.78 Å². The number of hydrogen-bond donors (Lipinski definition) is 2. The third kappa shape index (κ3) is 7.38. The van der Waals surface area contributed by atoms with E-state index in [9.17, 15) is 29.1 Å². The number of nitrogens with zero attached hydrogens (tertiary/aromatic N) is 3. The fourth-order valence-corrected chi connectivity index (χ4v) is 8.00. The maximum absolute atomic E-state index is 14.4. The lowest BCUT2D eigenvalue weighted by molar-refractivity contribution is -0.159. The minimum atomic E-state index is -1.46. The summed E-state index contributed by atoms with van der Waals surface area (Å²) in [6, 6.07) is 5.89. The van der Waals surface area contributed by atoms with E-state index in [0.717, 1.165) is 24.6 Å². The van der Waals surface area contributed by atoms with E-state index in [1.165, 1.54) is 12.0 Å². The highest BCUT2D eigenvalue weighted by Crippen LogP contribution is 2.46. The molecule has 3 fully saturated rings. The number of rotatable bonds is 6. The van der Waals surface area contributed by atoms with E-state index in [2.05, 4.69) is 10.3 Å². The topological polar surface area (TPSA) is 165 Å². The normalized spacial score (nSPS) is 28.8. The highest BCUT2D eigenvalue weighted by Gasteiger charge is 2.62. The molecule has 4 heterocycles. The molecule has 3 amide bonds. The number of carboxylic acid groups (broad SMARTS) is 1. The number of methoxy groups -OCH3 is 2. The summed E-state index contributed by atoms with van der Waals surface area (Å²) in [5.74, 6) is -3.58. The first-order valence-corrected chi connectivity index (χ1v) is 17.8. The Morgan fingerprint density at radius 2 is 1.82 bits per heavy atom. The molecule has 13 heteroatoms. The van der Waals surface area contributed by atoms with Crippen molar-refractivity contribution in [3.63, 3.8) is 0 Å². The number of ether oxygens (including phenoxy) is 3. The number of benzene rings is 1. The number of pyridine rings is 1. The van der Waals surface area contributed by atoms with Crippen LogP contribution in [0.3, 0.4) is 0 Å². The van der Waals surface area contributed by atoms with Crippen LogP contribution in [-0.2, 0) is 23.9 Å². The largest absolute Gasteiger partial charge is 0.497 e. The number of nitrogens with one attached hydrogen (secondary N) is 1. The molecule has 0 radical (unpaired) electrons. The monoisotopic (exact) mass is 704 g/mol. The minimum absolute atomic E-state index is 0.123.